The highest BCUT2D eigenvalue weighted by Gasteiger charge is 2.06. The summed E-state index contributed by atoms with van der Waals surface area (Å²) in [5.74, 6) is -0.267. The first-order valence-corrected chi connectivity index (χ1v) is 8.66. The first-order valence-electron chi connectivity index (χ1n) is 8.66. The predicted molar refractivity (Wildman–Crippen MR) is 98.3 cm³/mol. The van der Waals surface area contributed by atoms with Crippen LogP contribution in [0.15, 0.2) is 41.5 Å². The Hall–Kier alpha value is -2.34. The van der Waals surface area contributed by atoms with Gasteiger partial charge in [0.2, 0.25) is 0 Å². The lowest BCUT2D eigenvalue weighted by molar-refractivity contribution is -0.138. The average Bonchev–Trinajstić information content (AvgIpc) is 2.59. The van der Waals surface area contributed by atoms with Crippen LogP contribution in [0.25, 0.3) is 6.08 Å². The van der Waals surface area contributed by atoms with Crippen molar-refractivity contribution in [2.24, 2.45) is 0 Å². The van der Waals surface area contributed by atoms with Crippen molar-refractivity contribution >= 4 is 12.0 Å². The lowest BCUT2D eigenvalue weighted by Crippen LogP contribution is -2.05. The summed E-state index contributed by atoms with van der Waals surface area (Å²) >= 11 is 0. The van der Waals surface area contributed by atoms with Gasteiger partial charge in [-0.2, -0.15) is 5.26 Å². The molecule has 0 unspecified atom stereocenters. The topological polar surface area (TPSA) is 50.1 Å². The first kappa shape index (κ1) is 19.7. The van der Waals surface area contributed by atoms with E-state index in [0.717, 1.165) is 24.0 Å². The molecule has 0 aliphatic heterocycles. The van der Waals surface area contributed by atoms with Crippen molar-refractivity contribution in [3.63, 3.8) is 0 Å². The molecule has 3 heteroatoms. The summed E-state index contributed by atoms with van der Waals surface area (Å²) in [6, 6.07) is 9.60. The molecule has 0 saturated carbocycles. The standard InChI is InChI=1S/C21H27NO2/c1-4-6-7-8-9-20(14-17(3)21(23)24-5-2)15-18-10-12-19(16-22)13-11-18/h10-15H,4-9H2,1-3H3/b17-14+,20-15?. The Morgan fingerprint density at radius 3 is 2.46 bits per heavy atom. The Kier molecular flexibility index (Phi) is 9.23. The Bertz CT molecular complexity index is 618. The van der Waals surface area contributed by atoms with E-state index in [9.17, 15) is 4.79 Å². The summed E-state index contributed by atoms with van der Waals surface area (Å²) in [4.78, 5) is 11.8. The number of nitrogens with zero attached hydrogens (tertiary/aromatic N) is 1. The van der Waals surface area contributed by atoms with Crippen molar-refractivity contribution < 1.29 is 9.53 Å². The third kappa shape index (κ3) is 7.28. The normalized spacial score (nSPS) is 11.9. The molecule has 0 aliphatic rings. The Morgan fingerprint density at radius 1 is 1.17 bits per heavy atom. The maximum absolute atomic E-state index is 11.8. The van der Waals surface area contributed by atoms with E-state index in [0.29, 0.717) is 17.7 Å². The minimum Gasteiger partial charge on any atom is -0.463 e. The van der Waals surface area contributed by atoms with Gasteiger partial charge in [-0.05, 0) is 56.0 Å². The molecule has 128 valence electrons. The zero-order valence-electron chi connectivity index (χ0n) is 15.0. The second-order valence-electron chi connectivity index (χ2n) is 5.81. The SMILES string of the molecule is CCCCCCC(=Cc1ccc(C#N)cc1)/C=C(\C)C(=O)OCC. The third-order valence-electron chi connectivity index (χ3n) is 3.71. The van der Waals surface area contributed by atoms with Crippen LogP contribution in [0.2, 0.25) is 0 Å². The minimum absolute atomic E-state index is 0.267. The van der Waals surface area contributed by atoms with Crippen LogP contribution in [-0.2, 0) is 9.53 Å². The summed E-state index contributed by atoms with van der Waals surface area (Å²) in [6.45, 7) is 6.17. The molecule has 0 radical (unpaired) electrons. The number of hydrogen-bond acceptors (Lipinski definition) is 3. The van der Waals surface area contributed by atoms with Crippen molar-refractivity contribution in [1.29, 1.82) is 5.26 Å². The van der Waals surface area contributed by atoms with Gasteiger partial charge in [0, 0.05) is 5.57 Å². The molecule has 0 spiro atoms. The summed E-state index contributed by atoms with van der Waals surface area (Å²) in [7, 11) is 0. The molecule has 0 atom stereocenters. The van der Waals surface area contributed by atoms with Crippen molar-refractivity contribution in [2.45, 2.75) is 52.9 Å². The molecule has 0 amide bonds. The Labute approximate surface area is 145 Å². The zero-order chi connectivity index (χ0) is 17.8. The van der Waals surface area contributed by atoms with Crippen LogP contribution in [0.1, 0.15) is 64.0 Å². The molecular formula is C21H27NO2. The molecule has 1 rings (SSSR count). The van der Waals surface area contributed by atoms with E-state index in [1.165, 1.54) is 19.3 Å². The van der Waals surface area contributed by atoms with Gasteiger partial charge < -0.3 is 4.74 Å². The first-order chi connectivity index (χ1) is 11.6. The fourth-order valence-corrected chi connectivity index (χ4v) is 2.39. The summed E-state index contributed by atoms with van der Waals surface area (Å²) in [5, 5.41) is 8.88. The summed E-state index contributed by atoms with van der Waals surface area (Å²) in [5.41, 5.74) is 3.41. The summed E-state index contributed by atoms with van der Waals surface area (Å²) in [6.07, 6.45) is 9.64. The highest BCUT2D eigenvalue weighted by Crippen LogP contribution is 2.18. The van der Waals surface area contributed by atoms with Crippen LogP contribution in [-0.4, -0.2) is 12.6 Å². The fourth-order valence-electron chi connectivity index (χ4n) is 2.39. The molecule has 0 bridgehead atoms. The number of allylic oxidation sites excluding steroid dienone is 2. The van der Waals surface area contributed by atoms with E-state index in [1.54, 1.807) is 6.92 Å². The number of hydrogen-bond donors (Lipinski definition) is 0. The molecule has 0 saturated heterocycles. The maximum Gasteiger partial charge on any atom is 0.333 e. The highest BCUT2D eigenvalue weighted by molar-refractivity contribution is 5.88. The van der Waals surface area contributed by atoms with E-state index in [2.05, 4.69) is 19.1 Å². The molecule has 1 aromatic carbocycles. The molecule has 24 heavy (non-hydrogen) atoms. The van der Waals surface area contributed by atoms with Gasteiger partial charge in [-0.3, -0.25) is 0 Å². The van der Waals surface area contributed by atoms with Crippen LogP contribution in [0, 0.1) is 11.3 Å². The van der Waals surface area contributed by atoms with E-state index in [1.807, 2.05) is 37.3 Å². The zero-order valence-corrected chi connectivity index (χ0v) is 15.0. The van der Waals surface area contributed by atoms with Crippen LogP contribution >= 0.6 is 0 Å². The largest absolute Gasteiger partial charge is 0.463 e. The van der Waals surface area contributed by atoms with E-state index in [-0.39, 0.29) is 5.97 Å². The smallest absolute Gasteiger partial charge is 0.333 e. The van der Waals surface area contributed by atoms with E-state index < -0.39 is 0 Å². The van der Waals surface area contributed by atoms with Gasteiger partial charge in [-0.1, -0.05) is 44.4 Å². The number of rotatable bonds is 9. The van der Waals surface area contributed by atoms with Gasteiger partial charge in [0.25, 0.3) is 0 Å². The van der Waals surface area contributed by atoms with Gasteiger partial charge in [-0.25, -0.2) is 4.79 Å². The second-order valence-corrected chi connectivity index (χ2v) is 5.81. The number of carbonyl (C=O) groups is 1. The van der Waals surface area contributed by atoms with Crippen LogP contribution in [0.3, 0.4) is 0 Å². The van der Waals surface area contributed by atoms with Gasteiger partial charge in [-0.15, -0.1) is 0 Å². The molecule has 0 aliphatic carbocycles. The predicted octanol–water partition coefficient (Wildman–Crippen LogP) is 5.42. The number of esters is 1. The number of unbranched alkanes of at least 4 members (excludes halogenated alkanes) is 3. The lowest BCUT2D eigenvalue weighted by atomic mass is 10.0. The van der Waals surface area contributed by atoms with Crippen LogP contribution < -0.4 is 0 Å². The molecule has 0 N–H and O–H groups in total. The molecule has 0 fully saturated rings. The highest BCUT2D eigenvalue weighted by atomic mass is 16.5. The van der Waals surface area contributed by atoms with Crippen molar-refractivity contribution in [2.75, 3.05) is 6.61 Å². The van der Waals surface area contributed by atoms with Gasteiger partial charge >= 0.3 is 5.97 Å². The lowest BCUT2D eigenvalue weighted by Gasteiger charge is -2.06. The van der Waals surface area contributed by atoms with Crippen LogP contribution in [0.4, 0.5) is 0 Å². The van der Waals surface area contributed by atoms with Crippen molar-refractivity contribution in [3.05, 3.63) is 52.6 Å². The van der Waals surface area contributed by atoms with Crippen molar-refractivity contribution in [1.82, 2.24) is 0 Å². The molecule has 0 aromatic heterocycles. The number of nitriles is 1. The number of benzene rings is 1. The monoisotopic (exact) mass is 325 g/mol. The van der Waals surface area contributed by atoms with E-state index in [4.69, 9.17) is 10.00 Å². The van der Waals surface area contributed by atoms with Gasteiger partial charge in [0.15, 0.2) is 0 Å². The van der Waals surface area contributed by atoms with Crippen LogP contribution in [0.5, 0.6) is 0 Å². The average molecular weight is 325 g/mol. The maximum atomic E-state index is 11.8. The minimum atomic E-state index is -0.267. The number of carbonyl (C=O) groups excluding carboxylic acids is 1. The molecule has 1 aromatic rings. The quantitative estimate of drug-likeness (QED) is 0.263. The Morgan fingerprint density at radius 2 is 1.88 bits per heavy atom. The molecule has 0 heterocycles. The van der Waals surface area contributed by atoms with Gasteiger partial charge in [0.05, 0.1) is 18.2 Å². The van der Waals surface area contributed by atoms with E-state index >= 15 is 0 Å². The Balaban J connectivity index is 2.94. The van der Waals surface area contributed by atoms with Gasteiger partial charge in [0.1, 0.15) is 0 Å². The molecular weight excluding hydrogens is 298 g/mol. The summed E-state index contributed by atoms with van der Waals surface area (Å²) < 4.78 is 5.06. The molecule has 3 nitrogen and oxygen atoms in total. The van der Waals surface area contributed by atoms with Crippen molar-refractivity contribution in [3.8, 4) is 6.07 Å². The second kappa shape index (κ2) is 11.2. The fraction of sp³-hybridized carbons (Fsp3) is 0.429. The number of ether oxygens (including phenoxy) is 1. The third-order valence-corrected chi connectivity index (χ3v) is 3.71.